The Morgan fingerprint density at radius 1 is 1.60 bits per heavy atom. The van der Waals surface area contributed by atoms with E-state index >= 15 is 0 Å². The summed E-state index contributed by atoms with van der Waals surface area (Å²) in [4.78, 5) is 13.1. The number of alkyl halides is 1. The van der Waals surface area contributed by atoms with Gasteiger partial charge in [0.15, 0.2) is 0 Å². The summed E-state index contributed by atoms with van der Waals surface area (Å²) in [5.41, 5.74) is 0.537. The largest absolute Gasteiger partial charge is 0.311 e. The molecule has 1 aromatic rings. The quantitative estimate of drug-likeness (QED) is 0.730. The van der Waals surface area contributed by atoms with Crippen LogP contribution in [-0.2, 0) is 4.79 Å². The van der Waals surface area contributed by atoms with Crippen LogP contribution in [0.5, 0.6) is 0 Å². The molecule has 2 nitrogen and oxygen atoms in total. The summed E-state index contributed by atoms with van der Waals surface area (Å²) in [5.74, 6) is -0.578. The Morgan fingerprint density at radius 3 is 2.73 bits per heavy atom. The third-order valence-corrected chi connectivity index (χ3v) is 2.23. The summed E-state index contributed by atoms with van der Waals surface area (Å²) in [6, 6.07) is 5.91. The van der Waals surface area contributed by atoms with Gasteiger partial charge in [0.25, 0.3) is 0 Å². The van der Waals surface area contributed by atoms with Crippen molar-refractivity contribution in [1.82, 2.24) is 0 Å². The Kier molecular flexibility index (Phi) is 4.09. The lowest BCUT2D eigenvalue weighted by Crippen LogP contribution is -2.35. The normalized spacial score (nSPS) is 12.3. The third-order valence-electron chi connectivity index (χ3n) is 2.04. The highest BCUT2D eigenvalue weighted by Gasteiger charge is 2.18. The second-order valence-corrected chi connectivity index (χ2v) is 3.83. The minimum Gasteiger partial charge on any atom is -0.311 e. The van der Waals surface area contributed by atoms with Crippen molar-refractivity contribution in [3.63, 3.8) is 0 Å². The number of rotatable bonds is 3. The molecule has 1 atom stereocenters. The molecule has 15 heavy (non-hydrogen) atoms. The lowest BCUT2D eigenvalue weighted by Gasteiger charge is -2.22. The van der Waals surface area contributed by atoms with Gasteiger partial charge in [0.05, 0.1) is 0 Å². The van der Waals surface area contributed by atoms with Gasteiger partial charge in [-0.25, -0.2) is 4.39 Å². The lowest BCUT2D eigenvalue weighted by molar-refractivity contribution is -0.117. The minimum absolute atomic E-state index is 0.218. The molecule has 0 spiro atoms. The summed E-state index contributed by atoms with van der Waals surface area (Å²) in [5, 5.41) is -0.604. The molecule has 0 aliphatic carbocycles. The Morgan fingerprint density at radius 2 is 2.27 bits per heavy atom. The van der Waals surface area contributed by atoms with Crippen LogP contribution in [0.1, 0.15) is 13.8 Å². The van der Waals surface area contributed by atoms with Crippen molar-refractivity contribution >= 4 is 23.2 Å². The van der Waals surface area contributed by atoms with E-state index in [1.807, 2.05) is 6.92 Å². The number of carbonyl (C=O) groups excluding carboxylic acids is 1. The van der Waals surface area contributed by atoms with Gasteiger partial charge in [-0.05, 0) is 32.0 Å². The van der Waals surface area contributed by atoms with Gasteiger partial charge in [-0.15, -0.1) is 11.6 Å². The van der Waals surface area contributed by atoms with Gasteiger partial charge in [-0.1, -0.05) is 6.07 Å². The maximum atomic E-state index is 13.0. The van der Waals surface area contributed by atoms with Crippen LogP contribution < -0.4 is 4.90 Å². The summed E-state index contributed by atoms with van der Waals surface area (Å²) in [6.07, 6.45) is 0. The van der Waals surface area contributed by atoms with E-state index in [9.17, 15) is 9.18 Å². The maximum absolute atomic E-state index is 13.0. The molecule has 0 aromatic heterocycles. The standard InChI is InChI=1S/C11H13ClFNO/c1-3-14(11(15)8(2)12)10-6-4-5-9(13)7-10/h4-8H,3H2,1-2H3. The summed E-state index contributed by atoms with van der Waals surface area (Å²) in [7, 11) is 0. The summed E-state index contributed by atoms with van der Waals surface area (Å²) in [6.45, 7) is 3.90. The molecule has 4 heteroatoms. The molecule has 0 fully saturated rings. The number of benzene rings is 1. The molecule has 0 heterocycles. The number of amides is 1. The van der Waals surface area contributed by atoms with Crippen LogP contribution in [0.3, 0.4) is 0 Å². The molecule has 0 aliphatic heterocycles. The van der Waals surface area contributed by atoms with Crippen LogP contribution in [0.4, 0.5) is 10.1 Å². The predicted molar refractivity (Wildman–Crippen MR) is 59.7 cm³/mol. The van der Waals surface area contributed by atoms with E-state index in [0.29, 0.717) is 12.2 Å². The number of nitrogens with zero attached hydrogens (tertiary/aromatic N) is 1. The molecule has 1 aromatic carbocycles. The first-order valence-corrected chi connectivity index (χ1v) is 5.21. The van der Waals surface area contributed by atoms with Gasteiger partial charge in [-0.3, -0.25) is 4.79 Å². The van der Waals surface area contributed by atoms with E-state index in [0.717, 1.165) is 0 Å². The van der Waals surface area contributed by atoms with Crippen molar-refractivity contribution in [3.8, 4) is 0 Å². The number of hydrogen-bond acceptors (Lipinski definition) is 1. The number of hydrogen-bond donors (Lipinski definition) is 0. The smallest absolute Gasteiger partial charge is 0.244 e. The van der Waals surface area contributed by atoms with E-state index in [4.69, 9.17) is 11.6 Å². The van der Waals surface area contributed by atoms with Crippen molar-refractivity contribution in [1.29, 1.82) is 0 Å². The van der Waals surface area contributed by atoms with E-state index in [2.05, 4.69) is 0 Å². The molecule has 0 radical (unpaired) electrons. The highest BCUT2D eigenvalue weighted by Crippen LogP contribution is 2.17. The fourth-order valence-electron chi connectivity index (χ4n) is 1.32. The van der Waals surface area contributed by atoms with Crippen LogP contribution in [0.15, 0.2) is 24.3 Å². The van der Waals surface area contributed by atoms with Crippen molar-refractivity contribution in [2.75, 3.05) is 11.4 Å². The van der Waals surface area contributed by atoms with E-state index in [-0.39, 0.29) is 11.7 Å². The molecular weight excluding hydrogens is 217 g/mol. The van der Waals surface area contributed by atoms with Gasteiger partial charge >= 0.3 is 0 Å². The van der Waals surface area contributed by atoms with Crippen LogP contribution in [0, 0.1) is 5.82 Å². The Hall–Kier alpha value is -1.09. The zero-order valence-electron chi connectivity index (χ0n) is 8.71. The Labute approximate surface area is 93.6 Å². The van der Waals surface area contributed by atoms with Crippen LogP contribution in [0.25, 0.3) is 0 Å². The average molecular weight is 230 g/mol. The molecule has 1 amide bonds. The van der Waals surface area contributed by atoms with Crippen LogP contribution in [0.2, 0.25) is 0 Å². The maximum Gasteiger partial charge on any atom is 0.244 e. The SMILES string of the molecule is CCN(C(=O)C(C)Cl)c1cccc(F)c1. The van der Waals surface area contributed by atoms with Crippen LogP contribution >= 0.6 is 11.6 Å². The van der Waals surface area contributed by atoms with Gasteiger partial charge in [0.2, 0.25) is 5.91 Å². The Bertz CT molecular complexity index is 354. The van der Waals surface area contributed by atoms with E-state index in [1.54, 1.807) is 19.1 Å². The molecule has 1 rings (SSSR count). The molecule has 0 saturated carbocycles. The summed E-state index contributed by atoms with van der Waals surface area (Å²) < 4.78 is 13.0. The first-order valence-electron chi connectivity index (χ1n) is 4.77. The molecule has 0 aliphatic rings. The minimum atomic E-state index is -0.604. The molecule has 1 unspecified atom stereocenters. The van der Waals surface area contributed by atoms with Crippen molar-refractivity contribution in [2.24, 2.45) is 0 Å². The molecule has 0 saturated heterocycles. The molecular formula is C11H13ClFNO. The van der Waals surface area contributed by atoms with Gasteiger partial charge in [0.1, 0.15) is 11.2 Å². The number of halogens is 2. The first kappa shape index (κ1) is 12.0. The highest BCUT2D eigenvalue weighted by molar-refractivity contribution is 6.32. The Balaban J connectivity index is 2.97. The second kappa shape index (κ2) is 5.12. The molecule has 82 valence electrons. The fraction of sp³-hybridized carbons (Fsp3) is 0.364. The summed E-state index contributed by atoms with van der Waals surface area (Å²) >= 11 is 5.71. The van der Waals surface area contributed by atoms with Crippen LogP contribution in [-0.4, -0.2) is 17.8 Å². The monoisotopic (exact) mass is 229 g/mol. The zero-order chi connectivity index (χ0) is 11.4. The van der Waals surface area contributed by atoms with E-state index < -0.39 is 5.38 Å². The third kappa shape index (κ3) is 2.93. The predicted octanol–water partition coefficient (Wildman–Crippen LogP) is 2.81. The number of anilines is 1. The van der Waals surface area contributed by atoms with Crippen molar-refractivity contribution < 1.29 is 9.18 Å². The topological polar surface area (TPSA) is 20.3 Å². The van der Waals surface area contributed by atoms with Gasteiger partial charge < -0.3 is 4.90 Å². The number of carbonyl (C=O) groups is 1. The average Bonchev–Trinajstić information content (AvgIpc) is 2.18. The fourth-order valence-corrected chi connectivity index (χ4v) is 1.44. The van der Waals surface area contributed by atoms with Gasteiger partial charge in [-0.2, -0.15) is 0 Å². The van der Waals surface area contributed by atoms with E-state index in [1.165, 1.54) is 17.0 Å². The first-order chi connectivity index (χ1) is 7.06. The van der Waals surface area contributed by atoms with Crippen molar-refractivity contribution in [2.45, 2.75) is 19.2 Å². The highest BCUT2D eigenvalue weighted by atomic mass is 35.5. The second-order valence-electron chi connectivity index (χ2n) is 3.18. The lowest BCUT2D eigenvalue weighted by atomic mass is 10.2. The van der Waals surface area contributed by atoms with Crippen molar-refractivity contribution in [3.05, 3.63) is 30.1 Å². The molecule has 0 bridgehead atoms. The van der Waals surface area contributed by atoms with Gasteiger partial charge in [0, 0.05) is 12.2 Å². The molecule has 0 N–H and O–H groups in total. The zero-order valence-corrected chi connectivity index (χ0v) is 9.46.